The van der Waals surface area contributed by atoms with Crippen LogP contribution >= 0.6 is 22.9 Å². The average Bonchev–Trinajstić information content (AvgIpc) is 2.74. The Morgan fingerprint density at radius 2 is 1.82 bits per heavy atom. The number of hydrogen-bond acceptors (Lipinski definition) is 1. The molecule has 2 aromatic carbocycles. The highest BCUT2D eigenvalue weighted by atomic mass is 35.5. The maximum atomic E-state index is 6.35. The summed E-state index contributed by atoms with van der Waals surface area (Å²) in [7, 11) is 0. The zero-order valence-electron chi connectivity index (χ0n) is 9.03. The Balaban J connectivity index is 2.33. The van der Waals surface area contributed by atoms with Crippen molar-refractivity contribution < 1.29 is 0 Å². The summed E-state index contributed by atoms with van der Waals surface area (Å²) >= 11 is 8.13. The minimum absolute atomic E-state index is 0.904. The van der Waals surface area contributed by atoms with Crippen molar-refractivity contribution in [1.82, 2.24) is 0 Å². The Labute approximate surface area is 108 Å². The molecule has 0 nitrogen and oxygen atoms in total. The van der Waals surface area contributed by atoms with Gasteiger partial charge in [0.2, 0.25) is 0 Å². The van der Waals surface area contributed by atoms with E-state index in [0.29, 0.717) is 0 Å². The van der Waals surface area contributed by atoms with E-state index in [4.69, 9.17) is 11.6 Å². The van der Waals surface area contributed by atoms with E-state index in [9.17, 15) is 0 Å². The highest BCUT2D eigenvalue weighted by molar-refractivity contribution is 7.22. The minimum atomic E-state index is 0.904. The van der Waals surface area contributed by atoms with Crippen molar-refractivity contribution in [3.63, 3.8) is 0 Å². The van der Waals surface area contributed by atoms with Crippen molar-refractivity contribution in [2.45, 2.75) is 6.42 Å². The molecule has 0 fully saturated rings. The summed E-state index contributed by atoms with van der Waals surface area (Å²) in [5, 5.41) is 3.52. The first-order valence-corrected chi connectivity index (χ1v) is 6.80. The largest absolute Gasteiger partial charge is 0.136 e. The third kappa shape index (κ3) is 1.43. The van der Waals surface area contributed by atoms with Gasteiger partial charge in [0.05, 0.1) is 0 Å². The molecule has 2 heteroatoms. The summed E-state index contributed by atoms with van der Waals surface area (Å²) in [5.41, 5.74) is 2.65. The second kappa shape index (κ2) is 3.34. The van der Waals surface area contributed by atoms with Gasteiger partial charge in [-0.1, -0.05) is 29.8 Å². The molecule has 0 saturated carbocycles. The molecule has 5 bridgehead atoms. The molecule has 0 radical (unpaired) electrons. The molecule has 0 spiro atoms. The molecule has 1 heterocycles. The van der Waals surface area contributed by atoms with E-state index in [1.165, 1.54) is 31.3 Å². The van der Waals surface area contributed by atoms with Gasteiger partial charge < -0.3 is 0 Å². The fraction of sp³-hybridized carbons (Fsp3) is 0.0667. The lowest BCUT2D eigenvalue weighted by atomic mass is 10.1. The van der Waals surface area contributed by atoms with Crippen LogP contribution in [0.4, 0.5) is 0 Å². The van der Waals surface area contributed by atoms with E-state index in [1.807, 2.05) is 0 Å². The lowest BCUT2D eigenvalue weighted by Crippen LogP contribution is -1.83. The lowest BCUT2D eigenvalue weighted by Gasteiger charge is -2.03. The van der Waals surface area contributed by atoms with Gasteiger partial charge in [0, 0.05) is 20.8 Å². The molecular formula is C15H9ClS. The molecule has 3 aromatic rings. The molecule has 0 aliphatic heterocycles. The van der Waals surface area contributed by atoms with Crippen LogP contribution in [-0.4, -0.2) is 0 Å². The minimum Gasteiger partial charge on any atom is -0.136 e. The van der Waals surface area contributed by atoms with Crippen molar-refractivity contribution >= 4 is 43.1 Å². The Hall–Kier alpha value is -1.31. The van der Waals surface area contributed by atoms with Crippen LogP contribution in [0.15, 0.2) is 42.5 Å². The Morgan fingerprint density at radius 3 is 2.76 bits per heavy atom. The first kappa shape index (κ1) is 9.69. The molecule has 0 atom stereocenters. The number of halogens is 1. The van der Waals surface area contributed by atoms with Gasteiger partial charge in [0.1, 0.15) is 0 Å². The van der Waals surface area contributed by atoms with Gasteiger partial charge >= 0.3 is 0 Å². The summed E-state index contributed by atoms with van der Waals surface area (Å²) in [6.07, 6.45) is 0.961. The number of rotatable bonds is 0. The van der Waals surface area contributed by atoms with Crippen LogP contribution < -0.4 is 0 Å². The van der Waals surface area contributed by atoms with Crippen LogP contribution in [0.3, 0.4) is 0 Å². The Kier molecular flexibility index (Phi) is 1.91. The lowest BCUT2D eigenvalue weighted by molar-refractivity contribution is 1.29. The van der Waals surface area contributed by atoms with Crippen LogP contribution in [-0.2, 0) is 6.42 Å². The quantitative estimate of drug-likeness (QED) is 0.407. The normalized spacial score (nSPS) is 12.8. The fourth-order valence-electron chi connectivity index (χ4n) is 2.52. The van der Waals surface area contributed by atoms with E-state index in [-0.39, 0.29) is 0 Å². The Morgan fingerprint density at radius 1 is 0.941 bits per heavy atom. The zero-order valence-corrected chi connectivity index (χ0v) is 10.6. The molecule has 17 heavy (non-hydrogen) atoms. The predicted octanol–water partition coefficient (Wildman–Crippen LogP) is 5.17. The van der Waals surface area contributed by atoms with Gasteiger partial charge in [-0.3, -0.25) is 0 Å². The second-order valence-corrected chi connectivity index (χ2v) is 6.00. The van der Waals surface area contributed by atoms with Crippen LogP contribution in [0.2, 0.25) is 5.02 Å². The third-order valence-corrected chi connectivity index (χ3v) is 4.64. The monoisotopic (exact) mass is 256 g/mol. The van der Waals surface area contributed by atoms with E-state index >= 15 is 0 Å². The van der Waals surface area contributed by atoms with E-state index in [0.717, 1.165) is 11.4 Å². The van der Waals surface area contributed by atoms with Gasteiger partial charge in [-0.15, -0.1) is 11.3 Å². The molecule has 1 aromatic heterocycles. The summed E-state index contributed by atoms with van der Waals surface area (Å²) in [6.45, 7) is 0. The van der Waals surface area contributed by atoms with Gasteiger partial charge in [-0.25, -0.2) is 0 Å². The molecule has 0 N–H and O–H groups in total. The first-order chi connectivity index (χ1) is 8.29. The molecule has 0 amide bonds. The van der Waals surface area contributed by atoms with Gasteiger partial charge in [-0.2, -0.15) is 0 Å². The molecule has 1 aliphatic rings. The molecule has 4 rings (SSSR count). The van der Waals surface area contributed by atoms with Crippen molar-refractivity contribution in [3.05, 3.63) is 58.6 Å². The van der Waals surface area contributed by atoms with Crippen molar-refractivity contribution in [2.24, 2.45) is 0 Å². The molecule has 1 aliphatic carbocycles. The number of fused-ring (bicyclic) bond motifs is 5. The highest BCUT2D eigenvalue weighted by Gasteiger charge is 2.13. The van der Waals surface area contributed by atoms with Gasteiger partial charge in [0.25, 0.3) is 0 Å². The maximum Gasteiger partial charge on any atom is 0.0461 e. The summed E-state index contributed by atoms with van der Waals surface area (Å²) in [5.74, 6) is 0. The first-order valence-electron chi connectivity index (χ1n) is 5.61. The van der Waals surface area contributed by atoms with Crippen LogP contribution in [0, 0.1) is 0 Å². The molecule has 0 unspecified atom stereocenters. The average molecular weight is 257 g/mol. The summed E-state index contributed by atoms with van der Waals surface area (Å²) < 4.78 is 2.51. The van der Waals surface area contributed by atoms with Crippen LogP contribution in [0.25, 0.3) is 20.2 Å². The van der Waals surface area contributed by atoms with E-state index in [1.54, 1.807) is 11.3 Å². The van der Waals surface area contributed by atoms with Gasteiger partial charge in [-0.05, 0) is 46.2 Å². The van der Waals surface area contributed by atoms with Crippen molar-refractivity contribution in [1.29, 1.82) is 0 Å². The van der Waals surface area contributed by atoms with E-state index < -0.39 is 0 Å². The van der Waals surface area contributed by atoms with E-state index in [2.05, 4.69) is 42.5 Å². The fourth-order valence-corrected chi connectivity index (χ4v) is 3.84. The van der Waals surface area contributed by atoms with Crippen molar-refractivity contribution in [2.75, 3.05) is 0 Å². The zero-order chi connectivity index (χ0) is 11.4. The molecular weight excluding hydrogens is 248 g/mol. The van der Waals surface area contributed by atoms with Crippen LogP contribution in [0.5, 0.6) is 0 Å². The van der Waals surface area contributed by atoms with Gasteiger partial charge in [0.15, 0.2) is 0 Å². The molecule has 82 valence electrons. The topological polar surface area (TPSA) is 0 Å². The second-order valence-electron chi connectivity index (χ2n) is 4.45. The van der Waals surface area contributed by atoms with Crippen molar-refractivity contribution in [3.8, 4) is 0 Å². The summed E-state index contributed by atoms with van der Waals surface area (Å²) in [4.78, 5) is 0. The Bertz CT molecular complexity index is 784. The smallest absolute Gasteiger partial charge is 0.0461 e. The molecule has 0 saturated heterocycles. The number of hydrogen-bond donors (Lipinski definition) is 0. The predicted molar refractivity (Wildman–Crippen MR) is 76.0 cm³/mol. The van der Waals surface area contributed by atoms with Crippen LogP contribution in [0.1, 0.15) is 11.1 Å². The number of benzene rings is 2. The SMILES string of the molecule is Clc1cc2cc3cc(c4cccc(c4)s2)Cc13. The third-order valence-electron chi connectivity index (χ3n) is 3.34. The highest BCUT2D eigenvalue weighted by Crippen LogP contribution is 2.35. The maximum absolute atomic E-state index is 6.35. The standard InChI is InChI=1S/C15H9ClS/c16-15-8-13-6-11-4-10(7-14(11)15)9-2-1-3-12(5-9)17-13/h1-6,8H,7H2. The summed E-state index contributed by atoms with van der Waals surface area (Å²) in [6, 6.07) is 15.3.